The topological polar surface area (TPSA) is 62.7 Å². The molecule has 0 aliphatic heterocycles. The number of hydrogen-bond acceptors (Lipinski definition) is 5. The van der Waals surface area contributed by atoms with Gasteiger partial charge in [-0.25, -0.2) is 0 Å². The highest BCUT2D eigenvalue weighted by Gasteiger charge is 2.28. The minimum atomic E-state index is -4.60. The van der Waals surface area contributed by atoms with Crippen molar-refractivity contribution >= 4 is 23.5 Å². The molecule has 1 aromatic heterocycles. The Bertz CT molecular complexity index is 343. The second-order valence-corrected chi connectivity index (χ2v) is 2.74. The Hall–Kier alpha value is -1.31. The quantitative estimate of drug-likeness (QED) is 0.815. The summed E-state index contributed by atoms with van der Waals surface area (Å²) in [4.78, 5) is 10.3. The average Bonchev–Trinajstić information content (AvgIpc) is 1.99. The van der Waals surface area contributed by atoms with Crippen LogP contribution in [0.2, 0.25) is 5.28 Å². The molecular weight excluding hydrogens is 247 g/mol. The SMILES string of the molecule is C.CCNc1nc(Cl)nc(NC(F)(F)F)n1. The predicted octanol–water partition coefficient (Wildman–Crippen LogP) is 2.52. The first-order valence-corrected chi connectivity index (χ1v) is 4.29. The summed E-state index contributed by atoms with van der Waals surface area (Å²) in [5, 5.41) is 3.44. The van der Waals surface area contributed by atoms with Crippen LogP contribution in [0.3, 0.4) is 0 Å². The zero-order chi connectivity index (χ0) is 11.5. The van der Waals surface area contributed by atoms with E-state index in [1.54, 1.807) is 6.92 Å². The molecule has 2 N–H and O–H groups in total. The van der Waals surface area contributed by atoms with E-state index in [-0.39, 0.29) is 18.7 Å². The van der Waals surface area contributed by atoms with Gasteiger partial charge in [0, 0.05) is 6.54 Å². The van der Waals surface area contributed by atoms with E-state index in [0.29, 0.717) is 6.54 Å². The zero-order valence-electron chi connectivity index (χ0n) is 7.56. The van der Waals surface area contributed by atoms with Gasteiger partial charge in [0.25, 0.3) is 0 Å². The Morgan fingerprint density at radius 1 is 1.19 bits per heavy atom. The van der Waals surface area contributed by atoms with Crippen LogP contribution in [0, 0.1) is 0 Å². The number of anilines is 2. The van der Waals surface area contributed by atoms with Crippen LogP contribution >= 0.6 is 11.6 Å². The zero-order valence-corrected chi connectivity index (χ0v) is 8.32. The van der Waals surface area contributed by atoms with Gasteiger partial charge in [-0.1, -0.05) is 7.43 Å². The van der Waals surface area contributed by atoms with Crippen LogP contribution in [0.15, 0.2) is 0 Å². The molecule has 0 aromatic carbocycles. The molecule has 92 valence electrons. The normalized spacial score (nSPS) is 10.6. The van der Waals surface area contributed by atoms with E-state index in [1.807, 2.05) is 0 Å². The van der Waals surface area contributed by atoms with Crippen molar-refractivity contribution in [1.29, 1.82) is 0 Å². The molecule has 9 heteroatoms. The first-order valence-electron chi connectivity index (χ1n) is 3.91. The summed E-state index contributed by atoms with van der Waals surface area (Å²) in [6.45, 7) is 2.21. The molecule has 1 heterocycles. The van der Waals surface area contributed by atoms with Gasteiger partial charge in [0.2, 0.25) is 17.2 Å². The van der Waals surface area contributed by atoms with Crippen molar-refractivity contribution in [2.45, 2.75) is 20.7 Å². The summed E-state index contributed by atoms with van der Waals surface area (Å²) in [5.41, 5.74) is 0. The Kier molecular flexibility index (Phi) is 5.22. The Morgan fingerprint density at radius 3 is 2.25 bits per heavy atom. The molecule has 5 nitrogen and oxygen atoms in total. The lowest BCUT2D eigenvalue weighted by Crippen LogP contribution is -2.23. The largest absolute Gasteiger partial charge is 0.484 e. The third-order valence-electron chi connectivity index (χ3n) is 1.20. The summed E-state index contributed by atoms with van der Waals surface area (Å²) in [6.07, 6.45) is -4.60. The lowest BCUT2D eigenvalue weighted by atomic mass is 10.7. The van der Waals surface area contributed by atoms with Crippen molar-refractivity contribution in [1.82, 2.24) is 15.0 Å². The van der Waals surface area contributed by atoms with Gasteiger partial charge in [-0.3, -0.25) is 5.32 Å². The van der Waals surface area contributed by atoms with Gasteiger partial charge in [0.1, 0.15) is 0 Å². The Morgan fingerprint density at radius 2 is 1.75 bits per heavy atom. The van der Waals surface area contributed by atoms with Gasteiger partial charge in [-0.15, -0.1) is 0 Å². The fourth-order valence-corrected chi connectivity index (χ4v) is 0.930. The Labute approximate surface area is 95.5 Å². The maximum Gasteiger partial charge on any atom is 0.484 e. The standard InChI is InChI=1S/C6H7ClF3N5.CH4/c1-2-11-4-12-3(7)13-5(14-4)15-6(8,9)10;/h2H2,1H3,(H2,11,12,13,14,15);1H4. The van der Waals surface area contributed by atoms with Gasteiger partial charge in [0.15, 0.2) is 0 Å². The molecule has 0 spiro atoms. The smallest absolute Gasteiger partial charge is 0.354 e. The van der Waals surface area contributed by atoms with Gasteiger partial charge in [-0.05, 0) is 18.5 Å². The van der Waals surface area contributed by atoms with E-state index in [2.05, 4.69) is 20.3 Å². The molecule has 0 unspecified atom stereocenters. The van der Waals surface area contributed by atoms with Crippen LogP contribution < -0.4 is 10.6 Å². The van der Waals surface area contributed by atoms with Crippen LogP contribution in [0.1, 0.15) is 14.4 Å². The molecule has 16 heavy (non-hydrogen) atoms. The first-order chi connectivity index (χ1) is 6.90. The number of rotatable bonds is 3. The molecule has 0 fully saturated rings. The third kappa shape index (κ3) is 4.96. The lowest BCUT2D eigenvalue weighted by molar-refractivity contribution is -0.101. The van der Waals surface area contributed by atoms with Crippen molar-refractivity contribution in [2.24, 2.45) is 0 Å². The molecule has 1 aromatic rings. The highest BCUT2D eigenvalue weighted by atomic mass is 35.5. The van der Waals surface area contributed by atoms with Gasteiger partial charge < -0.3 is 5.32 Å². The number of alkyl halides is 3. The van der Waals surface area contributed by atoms with E-state index in [9.17, 15) is 13.2 Å². The molecule has 1 rings (SSSR count). The maximum atomic E-state index is 11.9. The average molecular weight is 258 g/mol. The summed E-state index contributed by atoms with van der Waals surface area (Å²) >= 11 is 5.41. The molecule has 0 radical (unpaired) electrons. The predicted molar refractivity (Wildman–Crippen MR) is 55.4 cm³/mol. The number of aromatic nitrogens is 3. The second kappa shape index (κ2) is 5.69. The number of nitrogens with zero attached hydrogens (tertiary/aromatic N) is 3. The molecule has 0 bridgehead atoms. The summed E-state index contributed by atoms with van der Waals surface area (Å²) < 4.78 is 35.7. The minimum absolute atomic E-state index is 0. The molecule has 0 aliphatic carbocycles. The lowest BCUT2D eigenvalue weighted by Gasteiger charge is -2.09. The maximum absolute atomic E-state index is 11.9. The summed E-state index contributed by atoms with van der Waals surface area (Å²) in [6, 6.07) is 0. The molecular formula is C7H11ClF3N5. The van der Waals surface area contributed by atoms with E-state index < -0.39 is 12.2 Å². The molecule has 0 atom stereocenters. The highest BCUT2D eigenvalue weighted by molar-refractivity contribution is 6.28. The van der Waals surface area contributed by atoms with Crippen molar-refractivity contribution < 1.29 is 13.2 Å². The van der Waals surface area contributed by atoms with Gasteiger partial charge in [-0.2, -0.15) is 28.1 Å². The first kappa shape index (κ1) is 14.7. The van der Waals surface area contributed by atoms with Crippen molar-refractivity contribution in [3.63, 3.8) is 0 Å². The van der Waals surface area contributed by atoms with Gasteiger partial charge in [0.05, 0.1) is 0 Å². The van der Waals surface area contributed by atoms with Crippen molar-refractivity contribution in [2.75, 3.05) is 17.2 Å². The summed E-state index contributed by atoms with van der Waals surface area (Å²) in [5.74, 6) is -0.650. The van der Waals surface area contributed by atoms with E-state index in [4.69, 9.17) is 11.6 Å². The van der Waals surface area contributed by atoms with Crippen molar-refractivity contribution in [3.8, 4) is 0 Å². The second-order valence-electron chi connectivity index (χ2n) is 2.40. The van der Waals surface area contributed by atoms with E-state index >= 15 is 0 Å². The Balaban J connectivity index is 0.00000225. The van der Waals surface area contributed by atoms with Crippen LogP contribution in [-0.2, 0) is 0 Å². The monoisotopic (exact) mass is 257 g/mol. The van der Waals surface area contributed by atoms with Crippen LogP contribution in [0.5, 0.6) is 0 Å². The third-order valence-corrected chi connectivity index (χ3v) is 1.37. The molecule has 0 amide bonds. The number of halogens is 4. The number of hydrogen-bond donors (Lipinski definition) is 2. The van der Waals surface area contributed by atoms with Crippen LogP contribution in [0.4, 0.5) is 25.1 Å². The fourth-order valence-electron chi connectivity index (χ4n) is 0.770. The molecule has 0 aliphatic rings. The van der Waals surface area contributed by atoms with Crippen LogP contribution in [-0.4, -0.2) is 27.8 Å². The molecule has 0 saturated carbocycles. The van der Waals surface area contributed by atoms with Crippen molar-refractivity contribution in [3.05, 3.63) is 5.28 Å². The number of nitrogens with one attached hydrogen (secondary N) is 2. The van der Waals surface area contributed by atoms with E-state index in [1.165, 1.54) is 0 Å². The van der Waals surface area contributed by atoms with Crippen LogP contribution in [0.25, 0.3) is 0 Å². The minimum Gasteiger partial charge on any atom is -0.354 e. The molecule has 0 saturated heterocycles. The van der Waals surface area contributed by atoms with E-state index in [0.717, 1.165) is 5.32 Å². The fraction of sp³-hybridized carbons (Fsp3) is 0.571. The summed E-state index contributed by atoms with van der Waals surface area (Å²) in [7, 11) is 0. The van der Waals surface area contributed by atoms with Gasteiger partial charge >= 0.3 is 6.30 Å². The highest BCUT2D eigenvalue weighted by Crippen LogP contribution is 2.18.